The van der Waals surface area contributed by atoms with E-state index in [2.05, 4.69) is 0 Å². The van der Waals surface area contributed by atoms with Crippen molar-refractivity contribution < 1.29 is 27.9 Å². The Morgan fingerprint density at radius 2 is 1.60 bits per heavy atom. The minimum Gasteiger partial charge on any atom is -0.497 e. The van der Waals surface area contributed by atoms with E-state index in [1.54, 1.807) is 55.6 Å². The second-order valence-electron chi connectivity index (χ2n) is 5.52. The molecule has 1 saturated heterocycles. The van der Waals surface area contributed by atoms with Gasteiger partial charge in [-0.3, -0.25) is 9.36 Å². The monoisotopic (exact) mass is 362 g/mol. The molecule has 0 unspecified atom stereocenters. The van der Waals surface area contributed by atoms with Gasteiger partial charge in [0.1, 0.15) is 5.75 Å². The van der Waals surface area contributed by atoms with Gasteiger partial charge in [-0.05, 0) is 17.7 Å². The zero-order valence-corrected chi connectivity index (χ0v) is 15.1. The molecule has 0 aliphatic carbocycles. The molecule has 0 radical (unpaired) electrons. The van der Waals surface area contributed by atoms with Gasteiger partial charge in [0.05, 0.1) is 7.11 Å². The minimum absolute atomic E-state index is 0.272. The van der Waals surface area contributed by atoms with Crippen LogP contribution in [0.3, 0.4) is 0 Å². The van der Waals surface area contributed by atoms with E-state index in [0.29, 0.717) is 16.9 Å². The van der Waals surface area contributed by atoms with E-state index >= 15 is 0 Å². The molecule has 0 amide bonds. The molecule has 0 N–H and O–H groups in total. The van der Waals surface area contributed by atoms with Crippen molar-refractivity contribution in [3.8, 4) is 5.75 Å². The summed E-state index contributed by atoms with van der Waals surface area (Å²) in [6.07, 6.45) is -0.950. The molecule has 6 nitrogen and oxygen atoms in total. The normalized spacial score (nSPS) is 22.4. The standard InChI is InChI=1S/C18H19O6P/c1-21-15-11-9-14(10-12-15)18(25(20,22-2)23-3)17(24-18)16(19)13-7-5-4-6-8-13/h4-12,17H,1-3H3/t17-,18-/m0/s1. The van der Waals surface area contributed by atoms with Gasteiger partial charge >= 0.3 is 7.60 Å². The summed E-state index contributed by atoms with van der Waals surface area (Å²) in [5.74, 6) is 0.362. The Kier molecular flexibility index (Phi) is 4.80. The molecule has 1 fully saturated rings. The fourth-order valence-corrected chi connectivity index (χ4v) is 4.69. The first-order valence-electron chi connectivity index (χ1n) is 7.65. The molecule has 0 aromatic heterocycles. The van der Waals surface area contributed by atoms with Crippen molar-refractivity contribution in [3.63, 3.8) is 0 Å². The second-order valence-corrected chi connectivity index (χ2v) is 7.91. The third kappa shape index (κ3) is 2.81. The van der Waals surface area contributed by atoms with Gasteiger partial charge in [0.15, 0.2) is 11.9 Å². The molecule has 0 bridgehead atoms. The SMILES string of the molecule is COc1ccc([C@@]2(P(=O)(OC)OC)O[C@H]2C(=O)c2ccccc2)cc1. The summed E-state index contributed by atoms with van der Waals surface area (Å²) >= 11 is 0. The van der Waals surface area contributed by atoms with E-state index in [1.807, 2.05) is 6.07 Å². The quantitative estimate of drug-likeness (QED) is 0.425. The van der Waals surface area contributed by atoms with Crippen LogP contribution in [0.15, 0.2) is 54.6 Å². The van der Waals surface area contributed by atoms with Gasteiger partial charge in [0, 0.05) is 19.8 Å². The van der Waals surface area contributed by atoms with Crippen molar-refractivity contribution in [3.05, 3.63) is 65.7 Å². The highest BCUT2D eigenvalue weighted by molar-refractivity contribution is 7.55. The highest BCUT2D eigenvalue weighted by Crippen LogP contribution is 2.74. The minimum atomic E-state index is -3.73. The van der Waals surface area contributed by atoms with Gasteiger partial charge in [-0.15, -0.1) is 0 Å². The van der Waals surface area contributed by atoms with Crippen LogP contribution in [0.5, 0.6) is 5.75 Å². The molecule has 25 heavy (non-hydrogen) atoms. The number of epoxide rings is 1. The summed E-state index contributed by atoms with van der Waals surface area (Å²) < 4.78 is 34.4. The topological polar surface area (TPSA) is 74.4 Å². The van der Waals surface area contributed by atoms with E-state index < -0.39 is 19.0 Å². The highest BCUT2D eigenvalue weighted by Gasteiger charge is 2.74. The lowest BCUT2D eigenvalue weighted by Crippen LogP contribution is -2.21. The van der Waals surface area contributed by atoms with Crippen LogP contribution in [0.25, 0.3) is 0 Å². The number of benzene rings is 2. The molecular weight excluding hydrogens is 343 g/mol. The van der Waals surface area contributed by atoms with Gasteiger partial charge < -0.3 is 18.5 Å². The molecule has 7 heteroatoms. The number of methoxy groups -OCH3 is 1. The Morgan fingerprint density at radius 3 is 2.12 bits per heavy atom. The number of ketones is 1. The first-order chi connectivity index (χ1) is 12.0. The fourth-order valence-electron chi connectivity index (χ4n) is 2.89. The van der Waals surface area contributed by atoms with Crippen LogP contribution in [0, 0.1) is 0 Å². The van der Waals surface area contributed by atoms with Crippen molar-refractivity contribution in [2.45, 2.75) is 11.4 Å². The maximum atomic E-state index is 13.2. The van der Waals surface area contributed by atoms with Gasteiger partial charge in [-0.2, -0.15) is 0 Å². The average molecular weight is 362 g/mol. The predicted octanol–water partition coefficient (Wildman–Crippen LogP) is 3.62. The summed E-state index contributed by atoms with van der Waals surface area (Å²) in [4.78, 5) is 12.8. The lowest BCUT2D eigenvalue weighted by Gasteiger charge is -2.22. The molecule has 2 aromatic rings. The Hall–Kier alpha value is -1.98. The summed E-state index contributed by atoms with van der Waals surface area (Å²) in [6, 6.07) is 15.5. The molecule has 2 atom stereocenters. The third-order valence-electron chi connectivity index (χ3n) is 4.28. The number of hydrogen-bond acceptors (Lipinski definition) is 6. The van der Waals surface area contributed by atoms with Crippen molar-refractivity contribution in [2.24, 2.45) is 0 Å². The molecular formula is C18H19O6P. The van der Waals surface area contributed by atoms with Crippen molar-refractivity contribution in [1.82, 2.24) is 0 Å². The van der Waals surface area contributed by atoms with E-state index in [9.17, 15) is 9.36 Å². The van der Waals surface area contributed by atoms with Crippen molar-refractivity contribution >= 4 is 13.4 Å². The summed E-state index contributed by atoms with van der Waals surface area (Å²) in [6.45, 7) is 0. The first-order valence-corrected chi connectivity index (χ1v) is 9.20. The second kappa shape index (κ2) is 6.73. The lowest BCUT2D eigenvalue weighted by atomic mass is 10.0. The molecule has 1 heterocycles. The Morgan fingerprint density at radius 1 is 1.00 bits per heavy atom. The van der Waals surface area contributed by atoms with E-state index in [0.717, 1.165) is 0 Å². The van der Waals surface area contributed by atoms with Gasteiger partial charge in [0.25, 0.3) is 0 Å². The van der Waals surface area contributed by atoms with Gasteiger partial charge in [-0.25, -0.2) is 0 Å². The highest BCUT2D eigenvalue weighted by atomic mass is 31.2. The number of carbonyl (C=O) groups is 1. The van der Waals surface area contributed by atoms with Crippen LogP contribution >= 0.6 is 7.60 Å². The van der Waals surface area contributed by atoms with Crippen LogP contribution in [0.1, 0.15) is 15.9 Å². The van der Waals surface area contributed by atoms with E-state index in [4.69, 9.17) is 18.5 Å². The maximum absolute atomic E-state index is 13.2. The summed E-state index contributed by atoms with van der Waals surface area (Å²) in [7, 11) is 0.376. The van der Waals surface area contributed by atoms with Crippen LogP contribution in [-0.4, -0.2) is 33.2 Å². The Labute approximate surface area is 146 Å². The number of carbonyl (C=O) groups excluding carboxylic acids is 1. The number of ether oxygens (including phenoxy) is 2. The molecule has 1 aliphatic heterocycles. The van der Waals surface area contributed by atoms with Crippen molar-refractivity contribution in [1.29, 1.82) is 0 Å². The number of Topliss-reactive ketones (excluding diaryl/α,β-unsaturated/α-hetero) is 1. The Balaban J connectivity index is 2.04. The zero-order chi connectivity index (χ0) is 18.1. The largest absolute Gasteiger partial charge is 0.497 e. The van der Waals surface area contributed by atoms with Crippen LogP contribution < -0.4 is 4.74 Å². The first kappa shape index (κ1) is 17.8. The van der Waals surface area contributed by atoms with E-state index in [-0.39, 0.29) is 5.78 Å². The van der Waals surface area contributed by atoms with Crippen molar-refractivity contribution in [2.75, 3.05) is 21.3 Å². The van der Waals surface area contributed by atoms with Gasteiger partial charge in [0.2, 0.25) is 5.34 Å². The zero-order valence-electron chi connectivity index (χ0n) is 14.2. The van der Waals surface area contributed by atoms with Crippen LogP contribution in [0.4, 0.5) is 0 Å². The maximum Gasteiger partial charge on any atom is 0.369 e. The number of rotatable bonds is 7. The number of hydrogen-bond donors (Lipinski definition) is 0. The smallest absolute Gasteiger partial charge is 0.369 e. The molecule has 132 valence electrons. The summed E-state index contributed by atoms with van der Waals surface area (Å²) in [5.41, 5.74) is 1.01. The molecule has 3 rings (SSSR count). The van der Waals surface area contributed by atoms with Crippen LogP contribution in [-0.2, 0) is 23.7 Å². The van der Waals surface area contributed by atoms with E-state index in [1.165, 1.54) is 14.2 Å². The molecule has 2 aromatic carbocycles. The Bertz CT molecular complexity index is 796. The summed E-state index contributed by atoms with van der Waals surface area (Å²) in [5, 5.41) is -1.46. The molecule has 0 spiro atoms. The molecule has 1 aliphatic rings. The van der Waals surface area contributed by atoms with Crippen LogP contribution in [0.2, 0.25) is 0 Å². The average Bonchev–Trinajstić information content (AvgIpc) is 3.45. The lowest BCUT2D eigenvalue weighted by molar-refractivity contribution is 0.0953. The van der Waals surface area contributed by atoms with Gasteiger partial charge in [-0.1, -0.05) is 42.5 Å². The third-order valence-corrected chi connectivity index (χ3v) is 6.66. The fraction of sp³-hybridized carbons (Fsp3) is 0.278. The predicted molar refractivity (Wildman–Crippen MR) is 91.9 cm³/mol. The molecule has 0 saturated carbocycles.